The Kier molecular flexibility index (Phi) is 8.49. The molecule has 9 rings (SSSR count). The van der Waals surface area contributed by atoms with Crippen molar-refractivity contribution < 1.29 is 28.6 Å². The van der Waals surface area contributed by atoms with Crippen LogP contribution in [0.15, 0.2) is 36.4 Å². The van der Waals surface area contributed by atoms with Gasteiger partial charge in [0.25, 0.3) is 5.91 Å². The fourth-order valence-electron chi connectivity index (χ4n) is 10.2. The first-order valence-corrected chi connectivity index (χ1v) is 20.5. The van der Waals surface area contributed by atoms with Crippen LogP contribution in [-0.4, -0.2) is 92.0 Å². The van der Waals surface area contributed by atoms with Crippen LogP contribution in [0.4, 0.5) is 9.59 Å². The molecule has 0 unspecified atom stereocenters. The van der Waals surface area contributed by atoms with Gasteiger partial charge in [0.2, 0.25) is 0 Å². The first-order valence-electron chi connectivity index (χ1n) is 20.5. The lowest BCUT2D eigenvalue weighted by Gasteiger charge is -2.59. The van der Waals surface area contributed by atoms with Crippen molar-refractivity contribution in [1.29, 1.82) is 0 Å². The number of carbonyl (C=O) groups is 3. The SMILES string of the molecule is COc1cc(C(=O)N2C[C@H]3CC[C@@H]2[C@@H]3NC(=O)OC(C)(C)C)cc2nc(-c3cc4cccc(C5CC6(C5)CN(C(=O)OC(C)(C)C)C6)c4n3CC3CC3)n(C)c12. The van der Waals surface area contributed by atoms with Gasteiger partial charge in [-0.25, -0.2) is 14.6 Å². The van der Waals surface area contributed by atoms with Gasteiger partial charge in [-0.2, -0.15) is 0 Å². The predicted molar refractivity (Wildman–Crippen MR) is 214 cm³/mol. The van der Waals surface area contributed by atoms with E-state index in [1.54, 1.807) is 7.11 Å². The smallest absolute Gasteiger partial charge is 0.410 e. The van der Waals surface area contributed by atoms with E-state index in [2.05, 4.69) is 38.7 Å². The second-order valence-corrected chi connectivity index (χ2v) is 19.4. The minimum atomic E-state index is -0.594. The number of likely N-dealkylation sites (tertiary alicyclic amines) is 2. The minimum Gasteiger partial charge on any atom is -0.494 e. The maximum atomic E-state index is 14.2. The van der Waals surface area contributed by atoms with Crippen LogP contribution in [-0.2, 0) is 23.1 Å². The number of para-hydroxylation sites is 1. The summed E-state index contributed by atoms with van der Waals surface area (Å²) in [6.45, 7) is 14.3. The van der Waals surface area contributed by atoms with Crippen LogP contribution in [0.2, 0.25) is 0 Å². The maximum Gasteiger partial charge on any atom is 0.410 e. The molecule has 12 nitrogen and oxygen atoms in total. The average Bonchev–Trinajstić information content (AvgIpc) is 3.41. The van der Waals surface area contributed by atoms with E-state index in [1.165, 1.54) is 29.3 Å². The number of aryl methyl sites for hydroxylation is 1. The highest BCUT2D eigenvalue weighted by molar-refractivity contribution is 6.01. The number of ether oxygens (including phenoxy) is 3. The van der Waals surface area contributed by atoms with E-state index in [-0.39, 0.29) is 35.4 Å². The molecule has 2 aliphatic heterocycles. The number of amides is 3. The Labute approximate surface area is 328 Å². The number of fused-ring (bicyclic) bond motifs is 4. The van der Waals surface area contributed by atoms with Gasteiger partial charge in [-0.3, -0.25) is 4.79 Å². The zero-order valence-electron chi connectivity index (χ0n) is 34.1. The van der Waals surface area contributed by atoms with Crippen LogP contribution in [0.25, 0.3) is 33.5 Å². The van der Waals surface area contributed by atoms with Gasteiger partial charge in [0, 0.05) is 49.6 Å². The van der Waals surface area contributed by atoms with Gasteiger partial charge in [-0.05, 0) is 122 Å². The van der Waals surface area contributed by atoms with E-state index in [0.717, 1.165) is 62.4 Å². The Morgan fingerprint density at radius 3 is 2.34 bits per heavy atom. The predicted octanol–water partition coefficient (Wildman–Crippen LogP) is 7.86. The van der Waals surface area contributed by atoms with Crippen LogP contribution in [0.3, 0.4) is 0 Å². The van der Waals surface area contributed by atoms with Gasteiger partial charge in [0.1, 0.15) is 22.5 Å². The van der Waals surface area contributed by atoms with Gasteiger partial charge in [-0.15, -0.1) is 0 Å². The molecule has 3 aliphatic carbocycles. The quantitative estimate of drug-likeness (QED) is 0.204. The molecular weight excluding hydrogens is 709 g/mol. The molecular formula is C44H56N6O6. The highest BCUT2D eigenvalue weighted by atomic mass is 16.6. The molecule has 2 bridgehead atoms. The number of carbonyl (C=O) groups excluding carboxylic acids is 3. The summed E-state index contributed by atoms with van der Waals surface area (Å²) >= 11 is 0. The van der Waals surface area contributed by atoms with Gasteiger partial charge < -0.3 is 38.5 Å². The van der Waals surface area contributed by atoms with Gasteiger partial charge in [0.05, 0.1) is 35.9 Å². The summed E-state index contributed by atoms with van der Waals surface area (Å²) in [6, 6.07) is 12.5. The summed E-state index contributed by atoms with van der Waals surface area (Å²) in [5.41, 5.74) is 4.89. The molecule has 2 aromatic heterocycles. The molecule has 3 atom stereocenters. The Morgan fingerprint density at radius 1 is 0.929 bits per heavy atom. The van der Waals surface area contributed by atoms with E-state index in [0.29, 0.717) is 35.2 Å². The minimum absolute atomic E-state index is 0.0768. The summed E-state index contributed by atoms with van der Waals surface area (Å²) in [5, 5.41) is 4.28. The molecule has 12 heteroatoms. The first kappa shape index (κ1) is 36.9. The zero-order valence-corrected chi connectivity index (χ0v) is 34.1. The number of aromatic nitrogens is 3. The summed E-state index contributed by atoms with van der Waals surface area (Å²) in [7, 11) is 3.68. The molecule has 2 aromatic carbocycles. The normalized spacial score (nSPS) is 23.1. The summed E-state index contributed by atoms with van der Waals surface area (Å²) in [6.07, 6.45) is 5.72. The number of piperidine rings is 1. The number of nitrogens with zero attached hydrogens (tertiary/aromatic N) is 5. The lowest BCUT2D eigenvalue weighted by Crippen LogP contribution is -2.63. The van der Waals surface area contributed by atoms with Crippen molar-refractivity contribution >= 4 is 40.0 Å². The monoisotopic (exact) mass is 764 g/mol. The lowest BCUT2D eigenvalue weighted by molar-refractivity contribution is -0.0784. The third-order valence-electron chi connectivity index (χ3n) is 12.8. The van der Waals surface area contributed by atoms with Crippen molar-refractivity contribution in [1.82, 2.24) is 29.2 Å². The first-order chi connectivity index (χ1) is 26.5. The Morgan fingerprint density at radius 2 is 1.66 bits per heavy atom. The molecule has 56 heavy (non-hydrogen) atoms. The number of methoxy groups -OCH3 is 1. The van der Waals surface area contributed by atoms with E-state index in [4.69, 9.17) is 19.2 Å². The van der Waals surface area contributed by atoms with Crippen LogP contribution < -0.4 is 10.1 Å². The number of hydrogen-bond donors (Lipinski definition) is 1. The van der Waals surface area contributed by atoms with Crippen molar-refractivity contribution in [2.45, 2.75) is 116 Å². The summed E-state index contributed by atoms with van der Waals surface area (Å²) in [5.74, 6) is 2.61. The second-order valence-electron chi connectivity index (χ2n) is 19.4. The van der Waals surface area contributed by atoms with Crippen LogP contribution in [0.5, 0.6) is 5.75 Å². The highest BCUT2D eigenvalue weighted by Crippen LogP contribution is 2.57. The van der Waals surface area contributed by atoms with Gasteiger partial charge in [0.15, 0.2) is 5.82 Å². The third kappa shape index (κ3) is 6.46. The van der Waals surface area contributed by atoms with Crippen molar-refractivity contribution in [2.24, 2.45) is 24.3 Å². The van der Waals surface area contributed by atoms with Crippen molar-refractivity contribution in [2.75, 3.05) is 26.7 Å². The van der Waals surface area contributed by atoms with Crippen molar-refractivity contribution in [3.05, 3.63) is 47.5 Å². The summed E-state index contributed by atoms with van der Waals surface area (Å²) in [4.78, 5) is 48.7. The van der Waals surface area contributed by atoms with E-state index >= 15 is 0 Å². The average molecular weight is 765 g/mol. The van der Waals surface area contributed by atoms with Gasteiger partial charge >= 0.3 is 12.2 Å². The Hall–Kier alpha value is -4.74. The third-order valence-corrected chi connectivity index (χ3v) is 12.8. The lowest BCUT2D eigenvalue weighted by atomic mass is 9.56. The van der Waals surface area contributed by atoms with Crippen LogP contribution in [0, 0.1) is 17.3 Å². The number of alkyl carbamates (subject to hydrolysis) is 1. The number of hydrogen-bond acceptors (Lipinski definition) is 7. The fraction of sp³-hybridized carbons (Fsp3) is 0.591. The highest BCUT2D eigenvalue weighted by Gasteiger charge is 2.55. The molecule has 4 heterocycles. The standard InChI is InChI=1S/C44H56N6O6/c1-42(2,3)55-40(52)46-35-27-14-15-32(35)50(22-27)39(51)28-16-31-37(34(18-28)54-8)47(7)38(45-31)33-17-26-10-9-11-30(36(26)49(33)21-25-12-13-25)29-19-44(20-29)23-48(24-44)41(53)56-43(4,5)6/h9-11,16-18,25,27,29,32,35H,12-15,19-24H2,1-8H3,(H,46,52)/t27-,32-,35-/m1/s1. The maximum absolute atomic E-state index is 14.2. The molecule has 5 aliphatic rings. The molecule has 2 saturated heterocycles. The van der Waals surface area contributed by atoms with Crippen molar-refractivity contribution in [3.8, 4) is 17.3 Å². The Bertz CT molecular complexity index is 2240. The second kappa shape index (κ2) is 12.9. The molecule has 1 N–H and O–H groups in total. The molecule has 298 valence electrons. The molecule has 4 aromatic rings. The van der Waals surface area contributed by atoms with E-state index < -0.39 is 17.3 Å². The topological polar surface area (TPSA) is 120 Å². The number of rotatable bonds is 7. The molecule has 1 spiro atoms. The molecule has 0 radical (unpaired) electrons. The van der Waals surface area contributed by atoms with Crippen LogP contribution in [0.1, 0.15) is 102 Å². The zero-order chi connectivity index (χ0) is 39.5. The number of imidazole rings is 1. The fourth-order valence-corrected chi connectivity index (χ4v) is 10.2. The largest absolute Gasteiger partial charge is 0.494 e. The number of benzene rings is 2. The Balaban J connectivity index is 1.00. The van der Waals surface area contributed by atoms with Gasteiger partial charge in [-0.1, -0.05) is 18.2 Å². The van der Waals surface area contributed by atoms with E-state index in [1.807, 2.05) is 70.5 Å². The van der Waals surface area contributed by atoms with E-state index in [9.17, 15) is 14.4 Å². The summed E-state index contributed by atoms with van der Waals surface area (Å²) < 4.78 is 21.8. The van der Waals surface area contributed by atoms with Crippen molar-refractivity contribution in [3.63, 3.8) is 0 Å². The van der Waals surface area contributed by atoms with Crippen LogP contribution >= 0.6 is 0 Å². The number of nitrogens with one attached hydrogen (secondary N) is 1. The molecule has 3 saturated carbocycles. The molecule has 3 amide bonds. The molecule has 5 fully saturated rings.